The largest absolute Gasteiger partial charge is 0.481 e. The molecule has 250 valence electrons. The van der Waals surface area contributed by atoms with Gasteiger partial charge in [-0.3, -0.25) is 48.3 Å². The number of carboxylic acid groups (broad SMARTS) is 7. The first-order valence-corrected chi connectivity index (χ1v) is 14.0. The van der Waals surface area contributed by atoms with Crippen LogP contribution in [0.15, 0.2) is 0 Å². The fraction of sp³-hybridized carbons (Fsp3) is 0.731. The minimum absolute atomic E-state index is 0.0121. The van der Waals surface area contributed by atoms with Gasteiger partial charge in [0.05, 0.1) is 19.6 Å². The predicted octanol–water partition coefficient (Wildman–Crippen LogP) is -1.32. The van der Waals surface area contributed by atoms with E-state index in [9.17, 15) is 69.3 Å². The average Bonchev–Trinajstić information content (AvgIpc) is 2.88. The molecule has 18 heteroatoms. The van der Waals surface area contributed by atoms with E-state index >= 15 is 0 Å². The molecule has 1 heterocycles. The molecule has 0 bridgehead atoms. The highest BCUT2D eigenvalue weighted by molar-refractivity contribution is 5.71. The van der Waals surface area contributed by atoms with Crippen LogP contribution in [0.2, 0.25) is 0 Å². The molecule has 1 fully saturated rings. The molecule has 0 spiro atoms. The lowest BCUT2D eigenvalue weighted by Crippen LogP contribution is -2.59. The molecule has 0 amide bonds. The third kappa shape index (κ3) is 16.1. The van der Waals surface area contributed by atoms with Gasteiger partial charge in [0.25, 0.3) is 0 Å². The number of carbonyl (C=O) groups is 7. The minimum Gasteiger partial charge on any atom is -0.481 e. The number of aliphatic carboxylic acids is 7. The van der Waals surface area contributed by atoms with E-state index in [1.54, 1.807) is 0 Å². The van der Waals surface area contributed by atoms with Crippen LogP contribution in [0, 0.1) is 0 Å². The molecule has 8 N–H and O–H groups in total. The van der Waals surface area contributed by atoms with Crippen molar-refractivity contribution in [1.29, 1.82) is 0 Å². The first-order valence-electron chi connectivity index (χ1n) is 14.0. The zero-order valence-corrected chi connectivity index (χ0v) is 24.2. The highest BCUT2D eigenvalue weighted by Crippen LogP contribution is 2.20. The van der Waals surface area contributed by atoms with Gasteiger partial charge in [0, 0.05) is 76.0 Å². The molecule has 0 saturated carbocycles. The lowest BCUT2D eigenvalue weighted by molar-refractivity contribution is -0.143. The number of rotatable bonds is 18. The number of hydrogen-bond donors (Lipinski definition) is 8. The summed E-state index contributed by atoms with van der Waals surface area (Å²) in [5.41, 5.74) is 0. The Bertz CT molecular complexity index is 1010. The van der Waals surface area contributed by atoms with Gasteiger partial charge >= 0.3 is 41.8 Å². The smallest absolute Gasteiger partial charge is 0.317 e. The second kappa shape index (κ2) is 19.4. The molecule has 0 radical (unpaired) electrons. The van der Waals surface area contributed by atoms with Gasteiger partial charge in [-0.2, -0.15) is 0 Å². The summed E-state index contributed by atoms with van der Waals surface area (Å²) in [5.74, 6) is -8.62. The van der Waals surface area contributed by atoms with Crippen LogP contribution >= 0.6 is 0 Å². The number of nitrogens with one attached hydrogen (secondary N) is 1. The second-order valence-corrected chi connectivity index (χ2v) is 10.8. The van der Waals surface area contributed by atoms with E-state index in [0.717, 1.165) is 0 Å². The lowest BCUT2D eigenvalue weighted by atomic mass is 10.00. The Hall–Kier alpha value is -3.87. The van der Waals surface area contributed by atoms with Crippen LogP contribution in [0.4, 0.5) is 0 Å². The summed E-state index contributed by atoms with van der Waals surface area (Å²) in [6, 6.07) is -3.32. The normalized spacial score (nSPS) is 22.7. The van der Waals surface area contributed by atoms with Crippen molar-refractivity contribution in [3.63, 3.8) is 0 Å². The maximum Gasteiger partial charge on any atom is 0.317 e. The Morgan fingerprint density at radius 1 is 0.455 bits per heavy atom. The van der Waals surface area contributed by atoms with Crippen LogP contribution in [0.1, 0.15) is 51.4 Å². The Balaban J connectivity index is 3.78. The Morgan fingerprint density at radius 2 is 0.773 bits per heavy atom. The van der Waals surface area contributed by atoms with Gasteiger partial charge in [0.1, 0.15) is 0 Å². The monoisotopic (exact) mass is 634 g/mol. The van der Waals surface area contributed by atoms with Gasteiger partial charge in [-0.05, 0) is 25.7 Å². The van der Waals surface area contributed by atoms with Crippen LogP contribution in [0.3, 0.4) is 0 Å². The highest BCUT2D eigenvalue weighted by atomic mass is 16.4. The zero-order chi connectivity index (χ0) is 33.4. The van der Waals surface area contributed by atoms with Gasteiger partial charge < -0.3 is 41.1 Å². The molecular formula is C26H42N4O14. The van der Waals surface area contributed by atoms with Crippen molar-refractivity contribution in [2.75, 3.05) is 45.8 Å². The van der Waals surface area contributed by atoms with Crippen molar-refractivity contribution in [1.82, 2.24) is 20.0 Å². The number of nitrogens with zero attached hydrogens (tertiary/aromatic N) is 3. The van der Waals surface area contributed by atoms with E-state index in [1.807, 2.05) is 0 Å². The summed E-state index contributed by atoms with van der Waals surface area (Å²) >= 11 is 0. The van der Waals surface area contributed by atoms with E-state index in [1.165, 1.54) is 14.7 Å². The maximum atomic E-state index is 12.0. The molecule has 0 aromatic carbocycles. The summed E-state index contributed by atoms with van der Waals surface area (Å²) in [7, 11) is 0. The van der Waals surface area contributed by atoms with Gasteiger partial charge in [0.15, 0.2) is 0 Å². The SMILES string of the molecule is O=C(O)CC[C@H]1CN(CC(=O)O)[C@@H](CCC(=O)O)CN(CC(=O)O)[C@@H](CCC(=O)O)CN(CC(=O)O)[C@@H](CCC(=O)O)CN1. The van der Waals surface area contributed by atoms with Crippen molar-refractivity contribution in [2.45, 2.75) is 75.5 Å². The van der Waals surface area contributed by atoms with Crippen LogP contribution in [0.25, 0.3) is 0 Å². The fourth-order valence-corrected chi connectivity index (χ4v) is 5.29. The van der Waals surface area contributed by atoms with Crippen LogP contribution in [-0.4, -0.2) is 162 Å². The molecule has 1 saturated heterocycles. The van der Waals surface area contributed by atoms with E-state index in [0.29, 0.717) is 0 Å². The maximum absolute atomic E-state index is 12.0. The van der Waals surface area contributed by atoms with Crippen molar-refractivity contribution in [2.24, 2.45) is 0 Å². The summed E-state index contributed by atoms with van der Waals surface area (Å²) in [5, 5.41) is 69.6. The molecule has 4 atom stereocenters. The Labute approximate surface area is 252 Å². The topological polar surface area (TPSA) is 283 Å². The van der Waals surface area contributed by atoms with Gasteiger partial charge in [-0.15, -0.1) is 0 Å². The Kier molecular flexibility index (Phi) is 16.8. The molecule has 0 unspecified atom stereocenters. The molecule has 0 aromatic heterocycles. The van der Waals surface area contributed by atoms with Crippen LogP contribution in [-0.2, 0) is 33.6 Å². The lowest BCUT2D eigenvalue weighted by Gasteiger charge is -2.43. The first kappa shape index (κ1) is 38.2. The molecule has 0 aliphatic carbocycles. The first-order chi connectivity index (χ1) is 20.6. The average molecular weight is 635 g/mol. The third-order valence-corrected chi connectivity index (χ3v) is 7.33. The highest BCUT2D eigenvalue weighted by Gasteiger charge is 2.34. The van der Waals surface area contributed by atoms with Gasteiger partial charge in [-0.25, -0.2) is 0 Å². The summed E-state index contributed by atoms with van der Waals surface area (Å²) < 4.78 is 0. The van der Waals surface area contributed by atoms with E-state index in [4.69, 9.17) is 0 Å². The molecule has 1 aliphatic rings. The van der Waals surface area contributed by atoms with Crippen LogP contribution in [0.5, 0.6) is 0 Å². The quantitative estimate of drug-likeness (QED) is 0.0867. The van der Waals surface area contributed by atoms with Gasteiger partial charge in [0.2, 0.25) is 0 Å². The molecule has 18 nitrogen and oxygen atoms in total. The van der Waals surface area contributed by atoms with E-state index in [2.05, 4.69) is 5.32 Å². The van der Waals surface area contributed by atoms with E-state index < -0.39 is 98.4 Å². The summed E-state index contributed by atoms with van der Waals surface area (Å²) in [4.78, 5) is 85.7. The molecule has 44 heavy (non-hydrogen) atoms. The summed E-state index contributed by atoms with van der Waals surface area (Å²) in [6.07, 6.45) is -1.91. The second-order valence-electron chi connectivity index (χ2n) is 10.8. The zero-order valence-electron chi connectivity index (χ0n) is 24.2. The minimum atomic E-state index is -1.33. The fourth-order valence-electron chi connectivity index (χ4n) is 5.29. The third-order valence-electron chi connectivity index (χ3n) is 7.33. The van der Waals surface area contributed by atoms with Gasteiger partial charge in [-0.1, -0.05) is 0 Å². The predicted molar refractivity (Wildman–Crippen MR) is 148 cm³/mol. The molecular weight excluding hydrogens is 592 g/mol. The van der Waals surface area contributed by atoms with Crippen molar-refractivity contribution in [3.05, 3.63) is 0 Å². The standard InChI is InChI=1S/C26H42N4O14/c31-20(32)5-1-16-10-28(13-24(39)40)18(3-7-22(35)36)12-30(15-26(43)44)19(4-8-23(37)38)11-29(14-25(41)42)17(9-27-16)2-6-21(33)34/h16-19,27H,1-15H2,(H,31,32)(H,33,34)(H,35,36)(H,37,38)(H,39,40)(H,41,42)(H,43,44)/t16-,17-,18-,19-/m0/s1. The Morgan fingerprint density at radius 3 is 1.14 bits per heavy atom. The van der Waals surface area contributed by atoms with E-state index in [-0.39, 0.29) is 64.7 Å². The number of hydrogen-bond acceptors (Lipinski definition) is 11. The van der Waals surface area contributed by atoms with Crippen molar-refractivity contribution < 1.29 is 69.3 Å². The van der Waals surface area contributed by atoms with Crippen molar-refractivity contribution in [3.8, 4) is 0 Å². The molecule has 0 aromatic rings. The molecule has 1 aliphatic heterocycles. The van der Waals surface area contributed by atoms with Crippen LogP contribution < -0.4 is 5.32 Å². The molecule has 1 rings (SSSR count). The van der Waals surface area contributed by atoms with Crippen molar-refractivity contribution >= 4 is 41.8 Å². The number of carboxylic acids is 7. The summed E-state index contributed by atoms with van der Waals surface area (Å²) in [6.45, 7) is -2.50.